The van der Waals surface area contributed by atoms with Crippen LogP contribution < -0.4 is 0 Å². The van der Waals surface area contributed by atoms with Gasteiger partial charge in [0.25, 0.3) is 0 Å². The lowest BCUT2D eigenvalue weighted by Crippen LogP contribution is -2.24. The molecule has 7 heteroatoms. The Kier molecular flexibility index (Phi) is 4.11. The zero-order valence-electron chi connectivity index (χ0n) is 10.3. The van der Waals surface area contributed by atoms with Crippen molar-refractivity contribution in [1.29, 1.82) is 0 Å². The highest BCUT2D eigenvalue weighted by molar-refractivity contribution is 5.69. The van der Waals surface area contributed by atoms with Gasteiger partial charge in [-0.15, -0.1) is 0 Å². The minimum atomic E-state index is -4.49. The van der Waals surface area contributed by atoms with E-state index in [4.69, 9.17) is 4.74 Å². The molecular formula is C12H15F3N2O2. The normalized spacial score (nSPS) is 17.4. The first-order valence-electron chi connectivity index (χ1n) is 6.25. The number of carbonyl (C=O) groups excluding carboxylic acids is 1. The summed E-state index contributed by atoms with van der Waals surface area (Å²) >= 11 is 0. The van der Waals surface area contributed by atoms with Gasteiger partial charge in [-0.25, -0.2) is 0 Å². The Morgan fingerprint density at radius 1 is 1.37 bits per heavy atom. The molecule has 1 heterocycles. The number of alkyl halides is 3. The van der Waals surface area contributed by atoms with Gasteiger partial charge in [-0.05, 0) is 31.7 Å². The van der Waals surface area contributed by atoms with Crippen molar-refractivity contribution in [3.63, 3.8) is 0 Å². The van der Waals surface area contributed by atoms with Crippen molar-refractivity contribution >= 4 is 5.97 Å². The molecule has 0 aliphatic heterocycles. The molecule has 1 fully saturated rings. The van der Waals surface area contributed by atoms with Crippen LogP contribution in [0.1, 0.15) is 37.8 Å². The highest BCUT2D eigenvalue weighted by atomic mass is 19.4. The van der Waals surface area contributed by atoms with E-state index in [-0.39, 0.29) is 12.6 Å². The summed E-state index contributed by atoms with van der Waals surface area (Å²) in [6.07, 6.45) is 1.40. The predicted octanol–water partition coefficient (Wildman–Crippen LogP) is 2.78. The number of nitrogens with zero attached hydrogens (tertiary/aromatic N) is 2. The standard InChI is InChI=1S/C12H15F3N2O2/c13-12(14,15)10-6-7-17(16-10)8-11(18)19-9-4-2-1-3-5-9/h6-7,9H,1-5,8H2. The van der Waals surface area contributed by atoms with Crippen molar-refractivity contribution in [2.75, 3.05) is 0 Å². The van der Waals surface area contributed by atoms with Gasteiger partial charge in [-0.2, -0.15) is 18.3 Å². The minimum absolute atomic E-state index is 0.0982. The number of hydrogen-bond donors (Lipinski definition) is 0. The molecule has 1 aromatic rings. The first-order chi connectivity index (χ1) is 8.95. The van der Waals surface area contributed by atoms with Crippen LogP contribution in [0.5, 0.6) is 0 Å². The van der Waals surface area contributed by atoms with E-state index in [1.165, 1.54) is 0 Å². The van der Waals surface area contributed by atoms with Crippen LogP contribution in [0, 0.1) is 0 Å². The molecular weight excluding hydrogens is 261 g/mol. The maximum atomic E-state index is 12.3. The van der Waals surface area contributed by atoms with E-state index in [1.54, 1.807) is 0 Å². The number of carbonyl (C=O) groups is 1. The summed E-state index contributed by atoms with van der Waals surface area (Å²) in [5.74, 6) is -0.538. The Hall–Kier alpha value is -1.53. The van der Waals surface area contributed by atoms with Crippen molar-refractivity contribution in [2.24, 2.45) is 0 Å². The summed E-state index contributed by atoms with van der Waals surface area (Å²) in [7, 11) is 0. The smallest absolute Gasteiger partial charge is 0.435 e. The summed E-state index contributed by atoms with van der Waals surface area (Å²) in [6.45, 7) is -0.285. The molecule has 1 aromatic heterocycles. The van der Waals surface area contributed by atoms with Crippen molar-refractivity contribution in [3.8, 4) is 0 Å². The molecule has 0 aromatic carbocycles. The number of rotatable bonds is 3. The van der Waals surface area contributed by atoms with E-state index >= 15 is 0 Å². The Bertz CT molecular complexity index is 436. The average Bonchev–Trinajstić information content (AvgIpc) is 2.78. The molecule has 2 rings (SSSR count). The molecule has 0 saturated heterocycles. The van der Waals surface area contributed by atoms with Crippen LogP contribution in [0.2, 0.25) is 0 Å². The summed E-state index contributed by atoms with van der Waals surface area (Å²) in [6, 6.07) is 0.841. The number of aromatic nitrogens is 2. The zero-order chi connectivity index (χ0) is 13.9. The van der Waals surface area contributed by atoms with Crippen LogP contribution in [0.4, 0.5) is 13.2 Å². The number of ether oxygens (including phenoxy) is 1. The lowest BCUT2D eigenvalue weighted by Gasteiger charge is -2.21. The van der Waals surface area contributed by atoms with Crippen LogP contribution in [0.15, 0.2) is 12.3 Å². The molecule has 0 spiro atoms. The van der Waals surface area contributed by atoms with Crippen LogP contribution >= 0.6 is 0 Å². The highest BCUT2D eigenvalue weighted by Gasteiger charge is 2.33. The Labute approximate surface area is 108 Å². The van der Waals surface area contributed by atoms with Crippen LogP contribution in [0.25, 0.3) is 0 Å². The molecule has 0 atom stereocenters. The van der Waals surface area contributed by atoms with Crippen molar-refractivity contribution in [1.82, 2.24) is 9.78 Å². The van der Waals surface area contributed by atoms with Gasteiger partial charge in [0.15, 0.2) is 5.69 Å². The van der Waals surface area contributed by atoms with Gasteiger partial charge in [0.05, 0.1) is 0 Å². The number of halogens is 3. The molecule has 19 heavy (non-hydrogen) atoms. The highest BCUT2D eigenvalue weighted by Crippen LogP contribution is 2.27. The molecule has 106 valence electrons. The third-order valence-electron chi connectivity index (χ3n) is 3.07. The van der Waals surface area contributed by atoms with Gasteiger partial charge >= 0.3 is 12.1 Å². The molecule has 0 bridgehead atoms. The van der Waals surface area contributed by atoms with Gasteiger partial charge in [-0.1, -0.05) is 6.42 Å². The fourth-order valence-corrected chi connectivity index (χ4v) is 2.14. The van der Waals surface area contributed by atoms with E-state index in [0.29, 0.717) is 0 Å². The maximum Gasteiger partial charge on any atom is 0.435 e. The van der Waals surface area contributed by atoms with E-state index in [2.05, 4.69) is 5.10 Å². The maximum absolute atomic E-state index is 12.3. The second-order valence-corrected chi connectivity index (χ2v) is 4.65. The van der Waals surface area contributed by atoms with Gasteiger partial charge in [-0.3, -0.25) is 9.48 Å². The first-order valence-corrected chi connectivity index (χ1v) is 6.25. The summed E-state index contributed by atoms with van der Waals surface area (Å²) < 4.78 is 43.1. The summed E-state index contributed by atoms with van der Waals surface area (Å²) in [4.78, 5) is 11.6. The van der Waals surface area contributed by atoms with E-state index < -0.39 is 17.8 Å². The Balaban J connectivity index is 1.86. The second kappa shape index (κ2) is 5.63. The molecule has 4 nitrogen and oxygen atoms in total. The van der Waals surface area contributed by atoms with E-state index in [9.17, 15) is 18.0 Å². The fourth-order valence-electron chi connectivity index (χ4n) is 2.14. The summed E-state index contributed by atoms with van der Waals surface area (Å²) in [5, 5.41) is 3.31. The lowest BCUT2D eigenvalue weighted by molar-refractivity contribution is -0.152. The van der Waals surface area contributed by atoms with Crippen molar-refractivity contribution in [3.05, 3.63) is 18.0 Å². The number of hydrogen-bond acceptors (Lipinski definition) is 3. The van der Waals surface area contributed by atoms with Crippen LogP contribution in [0.3, 0.4) is 0 Å². The van der Waals surface area contributed by atoms with Gasteiger partial charge in [0, 0.05) is 6.20 Å². The number of esters is 1. The average molecular weight is 276 g/mol. The van der Waals surface area contributed by atoms with Gasteiger partial charge < -0.3 is 4.74 Å². The molecule has 0 radical (unpaired) electrons. The van der Waals surface area contributed by atoms with Crippen molar-refractivity contribution < 1.29 is 22.7 Å². The van der Waals surface area contributed by atoms with Crippen molar-refractivity contribution in [2.45, 2.75) is 50.9 Å². The molecule has 0 N–H and O–H groups in total. The molecule has 1 aliphatic rings. The Morgan fingerprint density at radius 3 is 2.63 bits per heavy atom. The fraction of sp³-hybridized carbons (Fsp3) is 0.667. The predicted molar refractivity (Wildman–Crippen MR) is 60.2 cm³/mol. The molecule has 0 amide bonds. The third kappa shape index (κ3) is 3.97. The van der Waals surface area contributed by atoms with Crippen LogP contribution in [-0.4, -0.2) is 21.9 Å². The van der Waals surface area contributed by atoms with E-state index in [0.717, 1.165) is 49.0 Å². The molecule has 1 saturated carbocycles. The zero-order valence-corrected chi connectivity index (χ0v) is 10.3. The van der Waals surface area contributed by atoms with E-state index in [1.807, 2.05) is 0 Å². The quantitative estimate of drug-likeness (QED) is 0.797. The topological polar surface area (TPSA) is 44.1 Å². The first kappa shape index (κ1) is 13.9. The monoisotopic (exact) mass is 276 g/mol. The largest absolute Gasteiger partial charge is 0.461 e. The van der Waals surface area contributed by atoms with Crippen LogP contribution in [-0.2, 0) is 22.3 Å². The lowest BCUT2D eigenvalue weighted by atomic mass is 9.98. The molecule has 0 unspecified atom stereocenters. The SMILES string of the molecule is O=C(Cn1ccc(C(F)(F)F)n1)OC1CCCCC1. The third-order valence-corrected chi connectivity index (χ3v) is 3.07. The van der Waals surface area contributed by atoms with Gasteiger partial charge in [0.2, 0.25) is 0 Å². The van der Waals surface area contributed by atoms with Gasteiger partial charge in [0.1, 0.15) is 12.6 Å². The Morgan fingerprint density at radius 2 is 2.05 bits per heavy atom. The molecule has 1 aliphatic carbocycles. The summed E-state index contributed by atoms with van der Waals surface area (Å²) in [5.41, 5.74) is -1.00. The second-order valence-electron chi connectivity index (χ2n) is 4.65. The minimum Gasteiger partial charge on any atom is -0.461 e.